The smallest absolute Gasteiger partial charge is 0.322 e. The van der Waals surface area contributed by atoms with Gasteiger partial charge >= 0.3 is 6.03 Å². The molecule has 2 aromatic heterocycles. The second kappa shape index (κ2) is 5.95. The normalized spacial score (nSPS) is 14.0. The molecule has 110 valence electrons. The number of hydrogen-bond donors (Lipinski definition) is 1. The Morgan fingerprint density at radius 3 is 2.76 bits per heavy atom. The molecule has 3 rings (SSSR count). The number of hydrogen-bond acceptors (Lipinski definition) is 4. The number of amides is 2. The van der Waals surface area contributed by atoms with Crippen molar-refractivity contribution >= 4 is 11.7 Å². The summed E-state index contributed by atoms with van der Waals surface area (Å²) in [4.78, 5) is 22.6. The molecule has 1 fully saturated rings. The Bertz CT molecular complexity index is 591. The zero-order valence-electron chi connectivity index (χ0n) is 12.0. The van der Waals surface area contributed by atoms with Crippen LogP contribution in [0.3, 0.4) is 0 Å². The summed E-state index contributed by atoms with van der Waals surface area (Å²) in [6.45, 7) is 2.55. The SMILES string of the molecule is CCc1ncc(NC(=O)N(Cc2ccoc2)C2CC2)cn1. The molecule has 0 bridgehead atoms. The van der Waals surface area contributed by atoms with E-state index in [2.05, 4.69) is 15.3 Å². The van der Waals surface area contributed by atoms with Gasteiger partial charge in [-0.25, -0.2) is 14.8 Å². The highest BCUT2D eigenvalue weighted by Crippen LogP contribution is 2.29. The Hall–Kier alpha value is -2.37. The fraction of sp³-hybridized carbons (Fsp3) is 0.400. The Kier molecular flexibility index (Phi) is 3.85. The highest BCUT2D eigenvalue weighted by atomic mass is 16.3. The minimum Gasteiger partial charge on any atom is -0.472 e. The van der Waals surface area contributed by atoms with Crippen LogP contribution in [0.5, 0.6) is 0 Å². The first-order valence-electron chi connectivity index (χ1n) is 7.16. The molecule has 1 N–H and O–H groups in total. The molecule has 0 radical (unpaired) electrons. The van der Waals surface area contributed by atoms with Gasteiger partial charge in [-0.15, -0.1) is 0 Å². The first-order valence-corrected chi connectivity index (χ1v) is 7.16. The number of nitrogens with one attached hydrogen (secondary N) is 1. The molecule has 1 aliphatic rings. The van der Waals surface area contributed by atoms with Crippen molar-refractivity contribution in [3.8, 4) is 0 Å². The Labute approximate surface area is 123 Å². The average Bonchev–Trinajstić information content (AvgIpc) is 3.21. The second-order valence-electron chi connectivity index (χ2n) is 5.16. The molecule has 1 saturated carbocycles. The van der Waals surface area contributed by atoms with Crippen molar-refractivity contribution in [2.45, 2.75) is 38.8 Å². The Balaban J connectivity index is 1.66. The standard InChI is InChI=1S/C15H18N4O2/c1-2-14-16-7-12(8-17-14)18-15(20)19(13-3-4-13)9-11-5-6-21-10-11/h5-8,10,13H,2-4,9H2,1H3,(H,18,20). The molecular weight excluding hydrogens is 268 g/mol. The van der Waals surface area contributed by atoms with Crippen LogP contribution in [0.4, 0.5) is 10.5 Å². The number of carbonyl (C=O) groups excluding carboxylic acids is 1. The van der Waals surface area contributed by atoms with Gasteiger partial charge < -0.3 is 14.6 Å². The zero-order valence-corrected chi connectivity index (χ0v) is 12.0. The first kappa shape index (κ1) is 13.6. The maximum Gasteiger partial charge on any atom is 0.322 e. The predicted octanol–water partition coefficient (Wildman–Crippen LogP) is 2.83. The fourth-order valence-electron chi connectivity index (χ4n) is 2.13. The van der Waals surface area contributed by atoms with Gasteiger partial charge in [0.1, 0.15) is 5.82 Å². The number of anilines is 1. The van der Waals surface area contributed by atoms with E-state index in [1.54, 1.807) is 24.9 Å². The summed E-state index contributed by atoms with van der Waals surface area (Å²) in [5, 5.41) is 2.86. The summed E-state index contributed by atoms with van der Waals surface area (Å²) in [6.07, 6.45) is 9.47. The Morgan fingerprint density at radius 1 is 1.43 bits per heavy atom. The number of carbonyl (C=O) groups is 1. The van der Waals surface area contributed by atoms with Crippen LogP contribution in [-0.2, 0) is 13.0 Å². The van der Waals surface area contributed by atoms with Gasteiger partial charge in [-0.3, -0.25) is 0 Å². The lowest BCUT2D eigenvalue weighted by molar-refractivity contribution is 0.206. The van der Waals surface area contributed by atoms with E-state index in [4.69, 9.17) is 4.42 Å². The lowest BCUT2D eigenvalue weighted by atomic mass is 10.3. The minimum absolute atomic E-state index is 0.119. The van der Waals surface area contributed by atoms with E-state index >= 15 is 0 Å². The van der Waals surface area contributed by atoms with Crippen molar-refractivity contribution in [1.82, 2.24) is 14.9 Å². The monoisotopic (exact) mass is 286 g/mol. The number of rotatable bonds is 5. The van der Waals surface area contributed by atoms with Gasteiger partial charge in [-0.05, 0) is 18.9 Å². The molecule has 1 aliphatic carbocycles. The summed E-state index contributed by atoms with van der Waals surface area (Å²) in [5.41, 5.74) is 1.62. The first-order chi connectivity index (χ1) is 10.3. The maximum atomic E-state index is 12.4. The summed E-state index contributed by atoms with van der Waals surface area (Å²) in [7, 11) is 0. The van der Waals surface area contributed by atoms with Crippen LogP contribution >= 0.6 is 0 Å². The van der Waals surface area contributed by atoms with Gasteiger partial charge in [0, 0.05) is 18.0 Å². The second-order valence-corrected chi connectivity index (χ2v) is 5.16. The highest BCUT2D eigenvalue weighted by molar-refractivity contribution is 5.89. The molecule has 6 heteroatoms. The number of urea groups is 1. The van der Waals surface area contributed by atoms with Crippen molar-refractivity contribution in [1.29, 1.82) is 0 Å². The van der Waals surface area contributed by atoms with Crippen LogP contribution in [0.1, 0.15) is 31.2 Å². The van der Waals surface area contributed by atoms with Crippen LogP contribution < -0.4 is 5.32 Å². The zero-order chi connectivity index (χ0) is 14.7. The van der Waals surface area contributed by atoms with Crippen LogP contribution in [-0.4, -0.2) is 26.9 Å². The van der Waals surface area contributed by atoms with E-state index < -0.39 is 0 Å². The predicted molar refractivity (Wildman–Crippen MR) is 77.7 cm³/mol. The van der Waals surface area contributed by atoms with Crippen molar-refractivity contribution in [2.75, 3.05) is 5.32 Å². The van der Waals surface area contributed by atoms with E-state index in [1.165, 1.54) is 0 Å². The van der Waals surface area contributed by atoms with Crippen molar-refractivity contribution in [3.63, 3.8) is 0 Å². The van der Waals surface area contributed by atoms with Gasteiger partial charge in [0.15, 0.2) is 0 Å². The van der Waals surface area contributed by atoms with Crippen molar-refractivity contribution in [3.05, 3.63) is 42.4 Å². The van der Waals surface area contributed by atoms with Crippen LogP contribution in [0.2, 0.25) is 0 Å². The van der Waals surface area contributed by atoms with Crippen LogP contribution in [0.25, 0.3) is 0 Å². The van der Waals surface area contributed by atoms with Crippen LogP contribution in [0.15, 0.2) is 35.4 Å². The van der Waals surface area contributed by atoms with E-state index in [-0.39, 0.29) is 6.03 Å². The summed E-state index contributed by atoms with van der Waals surface area (Å²) in [5.74, 6) is 0.769. The molecule has 21 heavy (non-hydrogen) atoms. The van der Waals surface area contributed by atoms with Crippen LogP contribution in [0, 0.1) is 0 Å². The molecule has 6 nitrogen and oxygen atoms in total. The lowest BCUT2D eigenvalue weighted by Gasteiger charge is -2.22. The molecule has 0 saturated heterocycles. The van der Waals surface area contributed by atoms with Crippen molar-refractivity contribution in [2.24, 2.45) is 0 Å². The van der Waals surface area contributed by atoms with Gasteiger partial charge in [0.25, 0.3) is 0 Å². The van der Waals surface area contributed by atoms with Crippen molar-refractivity contribution < 1.29 is 9.21 Å². The maximum absolute atomic E-state index is 12.4. The molecule has 2 amide bonds. The molecule has 0 aliphatic heterocycles. The third-order valence-electron chi connectivity index (χ3n) is 3.45. The topological polar surface area (TPSA) is 71.3 Å². The molecule has 2 heterocycles. The number of nitrogens with zero attached hydrogens (tertiary/aromatic N) is 3. The fourth-order valence-corrected chi connectivity index (χ4v) is 2.13. The van der Waals surface area contributed by atoms with E-state index in [9.17, 15) is 4.79 Å². The molecule has 0 unspecified atom stereocenters. The van der Waals surface area contributed by atoms with Gasteiger partial charge in [0.2, 0.25) is 0 Å². The van der Waals surface area contributed by atoms with E-state index in [1.807, 2.05) is 17.9 Å². The van der Waals surface area contributed by atoms with Gasteiger partial charge in [0.05, 0.1) is 37.2 Å². The third-order valence-corrected chi connectivity index (χ3v) is 3.45. The number of furan rings is 1. The number of aromatic nitrogens is 2. The highest BCUT2D eigenvalue weighted by Gasteiger charge is 2.32. The summed E-state index contributed by atoms with van der Waals surface area (Å²) >= 11 is 0. The molecule has 2 aromatic rings. The number of aryl methyl sites for hydroxylation is 1. The molecule has 0 spiro atoms. The largest absolute Gasteiger partial charge is 0.472 e. The molecule has 0 aromatic carbocycles. The van der Waals surface area contributed by atoms with Gasteiger partial charge in [-0.2, -0.15) is 0 Å². The third kappa shape index (κ3) is 3.39. The summed E-state index contributed by atoms with van der Waals surface area (Å²) < 4.78 is 5.06. The van der Waals surface area contributed by atoms with E-state index in [0.717, 1.165) is 30.7 Å². The van der Waals surface area contributed by atoms with Gasteiger partial charge in [-0.1, -0.05) is 6.92 Å². The summed E-state index contributed by atoms with van der Waals surface area (Å²) in [6, 6.07) is 2.07. The lowest BCUT2D eigenvalue weighted by Crippen LogP contribution is -2.36. The molecule has 0 atom stereocenters. The quantitative estimate of drug-likeness (QED) is 0.917. The average molecular weight is 286 g/mol. The Morgan fingerprint density at radius 2 is 2.19 bits per heavy atom. The van der Waals surface area contributed by atoms with E-state index in [0.29, 0.717) is 18.3 Å². The molecular formula is C15H18N4O2. The minimum atomic E-state index is -0.119.